The Hall–Kier alpha value is -0.275. The van der Waals surface area contributed by atoms with E-state index in [1.807, 2.05) is 0 Å². The van der Waals surface area contributed by atoms with Crippen molar-refractivity contribution in [2.75, 3.05) is 0 Å². The molecule has 1 aliphatic heterocycles. The number of hydrogen-bond donors (Lipinski definition) is 0. The first-order valence-electron chi connectivity index (χ1n) is 9.00. The Bertz CT molecular complexity index is 342. The molecule has 1 aliphatic rings. The van der Waals surface area contributed by atoms with Gasteiger partial charge in [-0.15, -0.1) is 12.4 Å². The lowest BCUT2D eigenvalue weighted by atomic mass is 9.46. The third-order valence-electron chi connectivity index (χ3n) is 5.16. The molecule has 0 spiro atoms. The van der Waals surface area contributed by atoms with E-state index in [0.717, 1.165) is 25.6 Å². The van der Waals surface area contributed by atoms with Crippen molar-refractivity contribution in [1.29, 1.82) is 0 Å². The van der Waals surface area contributed by atoms with Crippen LogP contribution in [0.2, 0.25) is 6.32 Å². The number of rotatable bonds is 8. The fourth-order valence-electron chi connectivity index (χ4n) is 3.31. The van der Waals surface area contributed by atoms with Crippen LogP contribution in [0, 0.1) is 0 Å². The summed E-state index contributed by atoms with van der Waals surface area (Å²) in [6.07, 6.45) is 10.3. The summed E-state index contributed by atoms with van der Waals surface area (Å²) in [7, 11) is 0. The lowest BCUT2D eigenvalue weighted by Crippen LogP contribution is -2.41. The van der Waals surface area contributed by atoms with Crippen molar-refractivity contribution in [2.24, 2.45) is 0 Å². The highest BCUT2D eigenvalue weighted by Gasteiger charge is 2.51. The van der Waals surface area contributed by atoms with E-state index in [-0.39, 0.29) is 11.2 Å². The van der Waals surface area contributed by atoms with Crippen LogP contribution in [0.4, 0.5) is 0 Å². The number of allylic oxidation sites excluding steroid dienone is 2. The Morgan fingerprint density at radius 3 is 1.90 bits per heavy atom. The van der Waals surface area contributed by atoms with Crippen LogP contribution >= 0.6 is 0 Å². The van der Waals surface area contributed by atoms with Gasteiger partial charge in [-0.1, -0.05) is 52.9 Å². The topological polar surface area (TPSA) is 18.5 Å². The maximum Gasteiger partial charge on any atom is 0.266 e. The zero-order valence-corrected chi connectivity index (χ0v) is 15.4. The van der Waals surface area contributed by atoms with Crippen molar-refractivity contribution < 1.29 is 9.31 Å². The Kier molecular flexibility index (Phi) is 6.55. The molecule has 0 unspecified atom stereocenters. The summed E-state index contributed by atoms with van der Waals surface area (Å²) in [5.74, 6) is 0. The van der Waals surface area contributed by atoms with Gasteiger partial charge in [-0.05, 0) is 34.1 Å². The molecule has 0 atom stereocenters. The fourth-order valence-corrected chi connectivity index (χ4v) is 3.31. The van der Waals surface area contributed by atoms with E-state index in [1.54, 1.807) is 0 Å². The molecule has 1 saturated heterocycles. The van der Waals surface area contributed by atoms with E-state index < -0.39 is 6.55 Å². The quantitative estimate of drug-likeness (QED) is 0.519. The van der Waals surface area contributed by atoms with Crippen LogP contribution in [-0.2, 0) is 9.31 Å². The smallest absolute Gasteiger partial charge is 0.266 e. The van der Waals surface area contributed by atoms with E-state index in [9.17, 15) is 0 Å². The van der Waals surface area contributed by atoms with Crippen LogP contribution in [0.3, 0.4) is 0 Å². The van der Waals surface area contributed by atoms with Gasteiger partial charge >= 0.3 is 0 Å². The number of hydrogen-bond acceptors (Lipinski definition) is 2. The van der Waals surface area contributed by atoms with E-state index >= 15 is 0 Å². The second-order valence-corrected chi connectivity index (χ2v) is 7.59. The molecular weight excluding hydrogens is 259 g/mol. The molecule has 0 amide bonds. The molecule has 2 nitrogen and oxygen atoms in total. The van der Waals surface area contributed by atoms with Gasteiger partial charge < -0.3 is 9.31 Å². The molecule has 3 heteroatoms. The average molecular weight is 295 g/mol. The van der Waals surface area contributed by atoms with Crippen molar-refractivity contribution in [3.63, 3.8) is 0 Å². The standard InChI is InChI=1S/C18H36BO2/c1-8-11-14-16(13-10-3)19(15-12-9-2)20-17(4,5)18(6,7)21-19/h14H,8-13,15H2,1-7H3/q-1/b16-14+. The minimum atomic E-state index is -1.29. The van der Waals surface area contributed by atoms with Crippen LogP contribution in [0.5, 0.6) is 0 Å². The predicted octanol–water partition coefficient (Wildman–Crippen LogP) is 5.90. The Balaban J connectivity index is 3.15. The van der Waals surface area contributed by atoms with Gasteiger partial charge in [0.25, 0.3) is 6.55 Å². The monoisotopic (exact) mass is 295 g/mol. The third-order valence-corrected chi connectivity index (χ3v) is 5.16. The SMILES string of the molecule is CCC/C=C(\CCC)[B-]1(CCCC)OC(C)(C)C(C)(C)O1. The van der Waals surface area contributed by atoms with Crippen LogP contribution < -0.4 is 0 Å². The summed E-state index contributed by atoms with van der Waals surface area (Å²) >= 11 is 0. The first-order valence-corrected chi connectivity index (χ1v) is 9.00. The van der Waals surface area contributed by atoms with Gasteiger partial charge in [0.05, 0.1) is 0 Å². The van der Waals surface area contributed by atoms with E-state index in [1.165, 1.54) is 24.7 Å². The van der Waals surface area contributed by atoms with E-state index in [4.69, 9.17) is 9.31 Å². The lowest BCUT2D eigenvalue weighted by Gasteiger charge is -2.40. The molecule has 0 aliphatic carbocycles. The fraction of sp³-hybridized carbons (Fsp3) is 0.889. The molecule has 0 aromatic rings. The van der Waals surface area contributed by atoms with Gasteiger partial charge in [-0.2, -0.15) is 5.47 Å². The maximum atomic E-state index is 6.64. The summed E-state index contributed by atoms with van der Waals surface area (Å²) in [5, 5.41) is 0. The minimum Gasteiger partial charge on any atom is -0.558 e. The van der Waals surface area contributed by atoms with Crippen LogP contribution in [-0.4, -0.2) is 17.8 Å². The first-order chi connectivity index (χ1) is 9.74. The van der Waals surface area contributed by atoms with Gasteiger partial charge in [-0.25, -0.2) is 0 Å². The molecular formula is C18H36BO2-. The second-order valence-electron chi connectivity index (χ2n) is 7.59. The molecule has 21 heavy (non-hydrogen) atoms. The Morgan fingerprint density at radius 1 is 0.905 bits per heavy atom. The van der Waals surface area contributed by atoms with Crippen molar-refractivity contribution in [3.05, 3.63) is 11.5 Å². The largest absolute Gasteiger partial charge is 0.558 e. The predicted molar refractivity (Wildman–Crippen MR) is 93.7 cm³/mol. The highest BCUT2D eigenvalue weighted by molar-refractivity contribution is 6.75. The van der Waals surface area contributed by atoms with Gasteiger partial charge in [-0.3, -0.25) is 0 Å². The molecule has 0 N–H and O–H groups in total. The van der Waals surface area contributed by atoms with Crippen molar-refractivity contribution in [1.82, 2.24) is 0 Å². The summed E-state index contributed by atoms with van der Waals surface area (Å²) in [5.41, 5.74) is 0.950. The Labute approximate surface area is 132 Å². The van der Waals surface area contributed by atoms with Gasteiger partial charge in [0.15, 0.2) is 0 Å². The average Bonchev–Trinajstić information content (AvgIpc) is 2.58. The van der Waals surface area contributed by atoms with Crippen LogP contribution in [0.25, 0.3) is 0 Å². The lowest BCUT2D eigenvalue weighted by molar-refractivity contribution is 0.00578. The molecule has 0 aromatic heterocycles. The van der Waals surface area contributed by atoms with Gasteiger partial charge in [0, 0.05) is 11.2 Å². The minimum absolute atomic E-state index is 0.236. The highest BCUT2D eigenvalue weighted by atomic mass is 16.7. The summed E-state index contributed by atoms with van der Waals surface area (Å²) in [6, 6.07) is 0. The van der Waals surface area contributed by atoms with Crippen LogP contribution in [0.15, 0.2) is 11.5 Å². The molecule has 1 heterocycles. The highest BCUT2D eigenvalue weighted by Crippen LogP contribution is 2.47. The third kappa shape index (κ3) is 4.13. The van der Waals surface area contributed by atoms with Crippen molar-refractivity contribution >= 4 is 6.55 Å². The van der Waals surface area contributed by atoms with E-state index in [0.29, 0.717) is 0 Å². The summed E-state index contributed by atoms with van der Waals surface area (Å²) < 4.78 is 13.3. The molecule has 124 valence electrons. The number of unbranched alkanes of at least 4 members (excludes halogenated alkanes) is 2. The molecule has 0 saturated carbocycles. The molecule has 0 bridgehead atoms. The van der Waals surface area contributed by atoms with Crippen molar-refractivity contribution in [3.8, 4) is 0 Å². The molecule has 1 fully saturated rings. The van der Waals surface area contributed by atoms with E-state index in [2.05, 4.69) is 54.5 Å². The van der Waals surface area contributed by atoms with Gasteiger partial charge in [0.2, 0.25) is 0 Å². The van der Waals surface area contributed by atoms with Gasteiger partial charge in [0.1, 0.15) is 0 Å². The van der Waals surface area contributed by atoms with Crippen molar-refractivity contribution in [2.45, 2.75) is 105 Å². The zero-order chi connectivity index (χ0) is 16.1. The zero-order valence-electron chi connectivity index (χ0n) is 15.4. The Morgan fingerprint density at radius 2 is 1.48 bits per heavy atom. The van der Waals surface area contributed by atoms with Crippen LogP contribution in [0.1, 0.15) is 87.0 Å². The summed E-state index contributed by atoms with van der Waals surface area (Å²) in [6.45, 7) is 14.1. The molecule has 0 aromatic carbocycles. The molecule has 0 radical (unpaired) electrons. The maximum absolute atomic E-state index is 6.64. The molecule has 1 rings (SSSR count). The summed E-state index contributed by atoms with van der Waals surface area (Å²) in [4.78, 5) is 0. The normalized spacial score (nSPS) is 23.5. The second kappa shape index (κ2) is 7.33. The first kappa shape index (κ1) is 18.8.